The summed E-state index contributed by atoms with van der Waals surface area (Å²) in [5.41, 5.74) is -0.612. The van der Waals surface area contributed by atoms with Gasteiger partial charge in [-0.3, -0.25) is 4.79 Å². The van der Waals surface area contributed by atoms with Gasteiger partial charge in [0.1, 0.15) is 5.82 Å². The van der Waals surface area contributed by atoms with Crippen molar-refractivity contribution in [2.24, 2.45) is 0 Å². The van der Waals surface area contributed by atoms with Gasteiger partial charge in [0.2, 0.25) is 10.0 Å². The lowest BCUT2D eigenvalue weighted by molar-refractivity contribution is -0.155. The van der Waals surface area contributed by atoms with Gasteiger partial charge in [0.05, 0.1) is 4.90 Å². The Kier molecular flexibility index (Phi) is 6.22. The molecular formula is C17H16F4N2O3S. The van der Waals surface area contributed by atoms with Gasteiger partial charge in [-0.2, -0.15) is 13.2 Å². The van der Waals surface area contributed by atoms with Crippen molar-refractivity contribution in [2.45, 2.75) is 24.0 Å². The highest BCUT2D eigenvalue weighted by Gasteiger charge is 2.42. The van der Waals surface area contributed by atoms with Crippen LogP contribution >= 0.6 is 0 Å². The van der Waals surface area contributed by atoms with Crippen LogP contribution < -0.4 is 10.0 Å². The van der Waals surface area contributed by atoms with Crippen molar-refractivity contribution in [3.05, 3.63) is 65.5 Å². The Morgan fingerprint density at radius 1 is 1.11 bits per heavy atom. The maximum absolute atomic E-state index is 13.3. The molecule has 5 nitrogen and oxygen atoms in total. The maximum atomic E-state index is 13.3. The van der Waals surface area contributed by atoms with Crippen LogP contribution in [-0.4, -0.2) is 27.0 Å². The summed E-state index contributed by atoms with van der Waals surface area (Å²) < 4.78 is 79.2. The summed E-state index contributed by atoms with van der Waals surface area (Å²) in [5.74, 6) is -1.83. The van der Waals surface area contributed by atoms with Crippen molar-refractivity contribution in [1.82, 2.24) is 10.0 Å². The second kappa shape index (κ2) is 8.05. The Balaban J connectivity index is 2.32. The predicted molar refractivity (Wildman–Crippen MR) is 90.0 cm³/mol. The number of halogens is 4. The Morgan fingerprint density at radius 2 is 1.74 bits per heavy atom. The van der Waals surface area contributed by atoms with Gasteiger partial charge in [0, 0.05) is 12.1 Å². The molecule has 1 unspecified atom stereocenters. The van der Waals surface area contributed by atoms with Gasteiger partial charge in [-0.15, -0.1) is 0 Å². The van der Waals surface area contributed by atoms with Crippen LogP contribution in [0.5, 0.6) is 0 Å². The van der Waals surface area contributed by atoms with E-state index in [1.807, 2.05) is 5.32 Å². The summed E-state index contributed by atoms with van der Waals surface area (Å²) in [6.07, 6.45) is -4.83. The van der Waals surface area contributed by atoms with Gasteiger partial charge < -0.3 is 5.32 Å². The number of amides is 1. The van der Waals surface area contributed by atoms with E-state index >= 15 is 0 Å². The zero-order valence-electron chi connectivity index (χ0n) is 14.0. The third-order valence-electron chi connectivity index (χ3n) is 3.55. The first-order valence-electron chi connectivity index (χ1n) is 7.77. The number of carbonyl (C=O) groups excluding carboxylic acids is 1. The van der Waals surface area contributed by atoms with Crippen molar-refractivity contribution in [3.8, 4) is 0 Å². The fraction of sp³-hybridized carbons (Fsp3) is 0.235. The minimum Gasteiger partial charge on any atom is -0.337 e. The number of hydrogen-bond donors (Lipinski definition) is 2. The molecule has 0 saturated carbocycles. The van der Waals surface area contributed by atoms with E-state index in [4.69, 9.17) is 0 Å². The molecule has 2 N–H and O–H groups in total. The minimum absolute atomic E-state index is 0.111. The van der Waals surface area contributed by atoms with Gasteiger partial charge in [-0.1, -0.05) is 25.1 Å². The second-order valence-electron chi connectivity index (χ2n) is 5.53. The molecule has 0 fully saturated rings. The molecule has 0 aromatic heterocycles. The van der Waals surface area contributed by atoms with E-state index in [1.54, 1.807) is 6.92 Å². The smallest absolute Gasteiger partial charge is 0.337 e. The lowest BCUT2D eigenvalue weighted by Crippen LogP contribution is -2.38. The van der Waals surface area contributed by atoms with Crippen LogP contribution in [0, 0.1) is 5.82 Å². The molecule has 0 radical (unpaired) electrons. The van der Waals surface area contributed by atoms with Crippen LogP contribution in [0.4, 0.5) is 17.6 Å². The number of nitrogens with one attached hydrogen (secondary N) is 2. The van der Waals surface area contributed by atoms with E-state index in [2.05, 4.69) is 4.72 Å². The molecule has 0 aliphatic heterocycles. The monoisotopic (exact) mass is 404 g/mol. The Bertz CT molecular complexity index is 913. The molecule has 27 heavy (non-hydrogen) atoms. The third kappa shape index (κ3) is 5.27. The van der Waals surface area contributed by atoms with Crippen LogP contribution in [0.3, 0.4) is 0 Å². The van der Waals surface area contributed by atoms with Gasteiger partial charge in [-0.05, 0) is 35.9 Å². The third-order valence-corrected chi connectivity index (χ3v) is 5.09. The van der Waals surface area contributed by atoms with E-state index in [0.717, 1.165) is 30.3 Å². The topological polar surface area (TPSA) is 75.3 Å². The molecule has 0 aliphatic carbocycles. The number of benzene rings is 2. The minimum atomic E-state index is -4.83. The highest BCUT2D eigenvalue weighted by molar-refractivity contribution is 7.89. The summed E-state index contributed by atoms with van der Waals surface area (Å²) in [7, 11) is -3.87. The quantitative estimate of drug-likeness (QED) is 0.727. The molecule has 0 bridgehead atoms. The average molecular weight is 404 g/mol. The predicted octanol–water partition coefficient (Wildman–Crippen LogP) is 3.16. The highest BCUT2D eigenvalue weighted by Crippen LogP contribution is 2.33. The van der Waals surface area contributed by atoms with Crippen LogP contribution in [0.15, 0.2) is 53.4 Å². The summed E-state index contributed by atoms with van der Waals surface area (Å²) in [4.78, 5) is 12.0. The Hall–Kier alpha value is -2.46. The van der Waals surface area contributed by atoms with Crippen molar-refractivity contribution in [2.75, 3.05) is 6.54 Å². The molecular weight excluding hydrogens is 388 g/mol. The second-order valence-corrected chi connectivity index (χ2v) is 7.30. The first kappa shape index (κ1) is 20.8. The van der Waals surface area contributed by atoms with Crippen LogP contribution in [-0.2, 0) is 10.0 Å². The molecule has 0 aliphatic rings. The zero-order chi connectivity index (χ0) is 20.2. The van der Waals surface area contributed by atoms with E-state index in [9.17, 15) is 30.8 Å². The van der Waals surface area contributed by atoms with Gasteiger partial charge in [-0.25, -0.2) is 17.5 Å². The van der Waals surface area contributed by atoms with E-state index in [-0.39, 0.29) is 22.6 Å². The molecule has 0 heterocycles. The Morgan fingerprint density at radius 3 is 2.30 bits per heavy atom. The molecule has 2 aromatic rings. The summed E-state index contributed by atoms with van der Waals surface area (Å²) in [6.45, 7) is 1.67. The van der Waals surface area contributed by atoms with Crippen molar-refractivity contribution < 1.29 is 30.8 Å². The number of sulfonamides is 1. The molecule has 10 heteroatoms. The fourth-order valence-electron chi connectivity index (χ4n) is 2.30. The van der Waals surface area contributed by atoms with E-state index in [0.29, 0.717) is 0 Å². The SMILES string of the molecule is CCNS(=O)(=O)c1cccc(C(=O)NC(c2ccc(F)cc2)C(F)(F)F)c1. The zero-order valence-corrected chi connectivity index (χ0v) is 14.9. The number of alkyl halides is 3. The maximum Gasteiger partial charge on any atom is 0.412 e. The fourth-order valence-corrected chi connectivity index (χ4v) is 3.39. The first-order chi connectivity index (χ1) is 12.5. The molecule has 1 atom stereocenters. The van der Waals surface area contributed by atoms with E-state index < -0.39 is 34.0 Å². The standard InChI is InChI=1S/C17H16F4N2O3S/c1-2-22-27(25,26)14-5-3-4-12(10-14)16(24)23-15(17(19,20)21)11-6-8-13(18)9-7-11/h3-10,15,22H,2H2,1H3,(H,23,24). The Labute approximate surface area is 153 Å². The van der Waals surface area contributed by atoms with Gasteiger partial charge >= 0.3 is 6.18 Å². The van der Waals surface area contributed by atoms with Crippen LogP contribution in [0.1, 0.15) is 28.9 Å². The summed E-state index contributed by atoms with van der Waals surface area (Å²) in [5, 5.41) is 1.82. The summed E-state index contributed by atoms with van der Waals surface area (Å²) >= 11 is 0. The van der Waals surface area contributed by atoms with Gasteiger partial charge in [0.15, 0.2) is 6.04 Å². The average Bonchev–Trinajstić information content (AvgIpc) is 2.59. The number of hydrogen-bond acceptors (Lipinski definition) is 3. The number of rotatable bonds is 6. The molecule has 0 spiro atoms. The van der Waals surface area contributed by atoms with Crippen LogP contribution in [0.25, 0.3) is 0 Å². The molecule has 0 saturated heterocycles. The van der Waals surface area contributed by atoms with Crippen LogP contribution in [0.2, 0.25) is 0 Å². The lowest BCUT2D eigenvalue weighted by atomic mass is 10.1. The van der Waals surface area contributed by atoms with Gasteiger partial charge in [0.25, 0.3) is 5.91 Å². The normalized spacial score (nSPS) is 13.2. The molecule has 1 amide bonds. The van der Waals surface area contributed by atoms with Crippen molar-refractivity contribution >= 4 is 15.9 Å². The van der Waals surface area contributed by atoms with E-state index in [1.165, 1.54) is 18.2 Å². The molecule has 2 rings (SSSR count). The molecule has 146 valence electrons. The highest BCUT2D eigenvalue weighted by atomic mass is 32.2. The number of carbonyl (C=O) groups is 1. The van der Waals surface area contributed by atoms with Crippen molar-refractivity contribution in [3.63, 3.8) is 0 Å². The first-order valence-corrected chi connectivity index (χ1v) is 9.25. The van der Waals surface area contributed by atoms with Crippen molar-refractivity contribution in [1.29, 1.82) is 0 Å². The lowest BCUT2D eigenvalue weighted by Gasteiger charge is -2.22. The molecule has 2 aromatic carbocycles. The summed E-state index contributed by atoms with van der Waals surface area (Å²) in [6, 6.07) is 5.80. The largest absolute Gasteiger partial charge is 0.412 e.